The minimum atomic E-state index is -0.331. The number of carbonyl (C=O) groups excluding carboxylic acids is 1. The first-order chi connectivity index (χ1) is 12.6. The number of hydrogen-bond donors (Lipinski definition) is 1. The van der Waals surface area contributed by atoms with E-state index < -0.39 is 0 Å². The average Bonchev–Trinajstić information content (AvgIpc) is 3.19. The van der Waals surface area contributed by atoms with E-state index in [0.717, 1.165) is 16.8 Å². The predicted molar refractivity (Wildman–Crippen MR) is 96.2 cm³/mol. The van der Waals surface area contributed by atoms with Crippen LogP contribution in [-0.2, 0) is 4.79 Å². The largest absolute Gasteiger partial charge is 0.484 e. The Morgan fingerprint density at radius 3 is 2.85 bits per heavy atom. The van der Waals surface area contributed by atoms with Crippen molar-refractivity contribution in [2.45, 2.75) is 13.8 Å². The smallest absolute Gasteiger partial charge is 0.277 e. The number of nitrogens with one attached hydrogen (secondary N) is 1. The Morgan fingerprint density at radius 2 is 2.08 bits per heavy atom. The van der Waals surface area contributed by atoms with Gasteiger partial charge in [-0.05, 0) is 59.7 Å². The zero-order valence-electron chi connectivity index (χ0n) is 14.5. The highest BCUT2D eigenvalue weighted by atomic mass is 16.5. The Kier molecular flexibility index (Phi) is 5.33. The maximum absolute atomic E-state index is 11.9. The van der Waals surface area contributed by atoms with Gasteiger partial charge in [-0.3, -0.25) is 4.79 Å². The molecule has 1 heterocycles. The summed E-state index contributed by atoms with van der Waals surface area (Å²) >= 11 is 0. The predicted octanol–water partition coefficient (Wildman–Crippen LogP) is 1.89. The molecule has 0 spiro atoms. The molecule has 0 bridgehead atoms. The first-order valence-corrected chi connectivity index (χ1v) is 7.98. The molecule has 1 N–H and O–H groups in total. The lowest BCUT2D eigenvalue weighted by Crippen LogP contribution is -2.25. The van der Waals surface area contributed by atoms with Gasteiger partial charge in [-0.15, -0.1) is 5.10 Å². The van der Waals surface area contributed by atoms with Crippen molar-refractivity contribution < 1.29 is 9.53 Å². The summed E-state index contributed by atoms with van der Waals surface area (Å²) in [5, 5.41) is 15.2. The number of rotatable bonds is 6. The molecule has 132 valence electrons. The third-order valence-corrected chi connectivity index (χ3v) is 3.59. The van der Waals surface area contributed by atoms with E-state index in [1.807, 2.05) is 49.4 Å². The molecule has 3 aromatic rings. The van der Waals surface area contributed by atoms with Crippen molar-refractivity contribution in [3.05, 3.63) is 66.0 Å². The van der Waals surface area contributed by atoms with Crippen LogP contribution in [0.15, 0.2) is 60.0 Å². The summed E-state index contributed by atoms with van der Waals surface area (Å²) in [6, 6.07) is 15.0. The van der Waals surface area contributed by atoms with E-state index in [1.165, 1.54) is 6.33 Å². The Bertz CT molecular complexity index is 921. The van der Waals surface area contributed by atoms with Crippen LogP contribution in [0, 0.1) is 6.92 Å². The van der Waals surface area contributed by atoms with Gasteiger partial charge >= 0.3 is 0 Å². The number of amides is 1. The minimum Gasteiger partial charge on any atom is -0.484 e. The molecule has 0 saturated carbocycles. The van der Waals surface area contributed by atoms with Gasteiger partial charge in [-0.1, -0.05) is 24.3 Å². The van der Waals surface area contributed by atoms with Crippen molar-refractivity contribution in [1.82, 2.24) is 25.6 Å². The van der Waals surface area contributed by atoms with E-state index in [2.05, 4.69) is 26.1 Å². The highest BCUT2D eigenvalue weighted by Crippen LogP contribution is 2.12. The van der Waals surface area contributed by atoms with Crippen LogP contribution in [0.4, 0.5) is 0 Å². The molecular formula is C18H18N6O2. The Balaban J connectivity index is 1.59. The van der Waals surface area contributed by atoms with Gasteiger partial charge in [0.05, 0.1) is 11.4 Å². The molecule has 0 fully saturated rings. The number of ether oxygens (including phenoxy) is 1. The van der Waals surface area contributed by atoms with Gasteiger partial charge in [0, 0.05) is 0 Å². The summed E-state index contributed by atoms with van der Waals surface area (Å²) in [7, 11) is 0. The summed E-state index contributed by atoms with van der Waals surface area (Å²) in [5.74, 6) is 0.317. The SMILES string of the molecule is C/C(=N/NC(=O)COc1cccc(C)c1)c1cccc(-n2cnnn2)c1. The number of aromatic nitrogens is 4. The van der Waals surface area contributed by atoms with Crippen LogP contribution in [-0.4, -0.2) is 38.4 Å². The lowest BCUT2D eigenvalue weighted by Gasteiger charge is -2.07. The Morgan fingerprint density at radius 1 is 1.23 bits per heavy atom. The molecule has 0 aliphatic carbocycles. The maximum atomic E-state index is 11.9. The van der Waals surface area contributed by atoms with Crippen molar-refractivity contribution >= 4 is 11.6 Å². The van der Waals surface area contributed by atoms with Crippen LogP contribution in [0.5, 0.6) is 5.75 Å². The zero-order chi connectivity index (χ0) is 18.4. The van der Waals surface area contributed by atoms with Crippen LogP contribution in [0.3, 0.4) is 0 Å². The van der Waals surface area contributed by atoms with E-state index in [4.69, 9.17) is 4.74 Å². The van der Waals surface area contributed by atoms with Gasteiger partial charge < -0.3 is 4.74 Å². The van der Waals surface area contributed by atoms with E-state index in [1.54, 1.807) is 17.7 Å². The topological polar surface area (TPSA) is 94.3 Å². The molecule has 1 amide bonds. The van der Waals surface area contributed by atoms with Crippen LogP contribution < -0.4 is 10.2 Å². The number of aryl methyl sites for hydroxylation is 1. The van der Waals surface area contributed by atoms with Gasteiger partial charge in [0.15, 0.2) is 6.61 Å². The molecule has 0 saturated heterocycles. The quantitative estimate of drug-likeness (QED) is 0.541. The highest BCUT2D eigenvalue weighted by Gasteiger charge is 2.05. The second-order valence-electron chi connectivity index (χ2n) is 5.64. The first kappa shape index (κ1) is 17.3. The third-order valence-electron chi connectivity index (χ3n) is 3.59. The van der Waals surface area contributed by atoms with Crippen molar-refractivity contribution in [1.29, 1.82) is 0 Å². The number of carbonyl (C=O) groups is 1. The fraction of sp³-hybridized carbons (Fsp3) is 0.167. The fourth-order valence-electron chi connectivity index (χ4n) is 2.25. The normalized spacial score (nSPS) is 11.2. The average molecular weight is 350 g/mol. The van der Waals surface area contributed by atoms with E-state index in [-0.39, 0.29) is 12.5 Å². The molecule has 0 unspecified atom stereocenters. The number of hydrogen-bond acceptors (Lipinski definition) is 6. The van der Waals surface area contributed by atoms with Gasteiger partial charge in [0.2, 0.25) is 0 Å². The zero-order valence-corrected chi connectivity index (χ0v) is 14.5. The number of hydrazone groups is 1. The Labute approximate surface area is 150 Å². The summed E-state index contributed by atoms with van der Waals surface area (Å²) < 4.78 is 6.99. The van der Waals surface area contributed by atoms with Gasteiger partial charge in [-0.2, -0.15) is 5.10 Å². The van der Waals surface area contributed by atoms with Crippen LogP contribution >= 0.6 is 0 Å². The number of benzene rings is 2. The van der Waals surface area contributed by atoms with Crippen molar-refractivity contribution in [3.8, 4) is 11.4 Å². The fourth-order valence-corrected chi connectivity index (χ4v) is 2.25. The lowest BCUT2D eigenvalue weighted by molar-refractivity contribution is -0.123. The van der Waals surface area contributed by atoms with Crippen molar-refractivity contribution in [2.75, 3.05) is 6.61 Å². The van der Waals surface area contributed by atoms with Gasteiger partial charge in [-0.25, -0.2) is 10.1 Å². The molecule has 3 rings (SSSR count). The molecule has 0 radical (unpaired) electrons. The number of nitrogens with zero attached hydrogens (tertiary/aromatic N) is 5. The molecule has 0 aliphatic rings. The highest BCUT2D eigenvalue weighted by molar-refractivity contribution is 5.99. The summed E-state index contributed by atoms with van der Waals surface area (Å²) in [6.07, 6.45) is 1.51. The minimum absolute atomic E-state index is 0.106. The summed E-state index contributed by atoms with van der Waals surface area (Å²) in [5.41, 5.74) is 5.87. The molecule has 26 heavy (non-hydrogen) atoms. The van der Waals surface area contributed by atoms with E-state index in [0.29, 0.717) is 11.5 Å². The molecule has 8 nitrogen and oxygen atoms in total. The van der Waals surface area contributed by atoms with E-state index in [9.17, 15) is 4.79 Å². The standard InChI is InChI=1S/C18H18N6O2/c1-13-5-3-8-17(9-13)26-11-18(25)21-20-14(2)15-6-4-7-16(10-15)24-12-19-22-23-24/h3-10,12H,11H2,1-2H3,(H,21,25)/b20-14-. The second kappa shape index (κ2) is 8.02. The molecule has 1 aromatic heterocycles. The lowest BCUT2D eigenvalue weighted by atomic mass is 10.1. The number of tetrazole rings is 1. The van der Waals surface area contributed by atoms with Crippen LogP contribution in [0.1, 0.15) is 18.1 Å². The molecular weight excluding hydrogens is 332 g/mol. The molecule has 2 aromatic carbocycles. The van der Waals surface area contributed by atoms with Crippen LogP contribution in [0.2, 0.25) is 0 Å². The molecule has 0 atom stereocenters. The Hall–Kier alpha value is -3.55. The maximum Gasteiger partial charge on any atom is 0.277 e. The third kappa shape index (κ3) is 4.50. The second-order valence-corrected chi connectivity index (χ2v) is 5.64. The van der Waals surface area contributed by atoms with E-state index >= 15 is 0 Å². The van der Waals surface area contributed by atoms with Crippen molar-refractivity contribution in [2.24, 2.45) is 5.10 Å². The van der Waals surface area contributed by atoms with Crippen molar-refractivity contribution in [3.63, 3.8) is 0 Å². The monoisotopic (exact) mass is 350 g/mol. The van der Waals surface area contributed by atoms with Gasteiger partial charge in [0.1, 0.15) is 12.1 Å². The summed E-state index contributed by atoms with van der Waals surface area (Å²) in [4.78, 5) is 11.9. The van der Waals surface area contributed by atoms with Gasteiger partial charge in [0.25, 0.3) is 5.91 Å². The van der Waals surface area contributed by atoms with Crippen LogP contribution in [0.25, 0.3) is 5.69 Å². The first-order valence-electron chi connectivity index (χ1n) is 7.98. The molecule has 0 aliphatic heterocycles. The molecule has 8 heteroatoms. The summed E-state index contributed by atoms with van der Waals surface area (Å²) in [6.45, 7) is 3.66.